The third-order valence-corrected chi connectivity index (χ3v) is 5.77. The second-order valence-corrected chi connectivity index (χ2v) is 8.07. The van der Waals surface area contributed by atoms with Gasteiger partial charge in [-0.2, -0.15) is 5.10 Å². The molecule has 5 rings (SSSR count). The first kappa shape index (κ1) is 21.4. The molecule has 1 fully saturated rings. The Hall–Kier alpha value is -4.45. The molecular weight excluding hydrogens is 430 g/mol. The Kier molecular flexibility index (Phi) is 5.79. The van der Waals surface area contributed by atoms with Gasteiger partial charge in [-0.05, 0) is 43.4 Å². The smallest absolute Gasteiger partial charge is 0.298 e. The number of rotatable bonds is 5. The third-order valence-electron chi connectivity index (χ3n) is 5.77. The number of anilines is 1. The van der Waals surface area contributed by atoms with Crippen molar-refractivity contribution in [3.05, 3.63) is 55.0 Å². The van der Waals surface area contributed by atoms with E-state index in [2.05, 4.69) is 26.8 Å². The highest BCUT2D eigenvalue weighted by Crippen LogP contribution is 2.32. The van der Waals surface area contributed by atoms with Crippen molar-refractivity contribution < 1.29 is 9.53 Å². The van der Waals surface area contributed by atoms with Crippen LogP contribution in [0.3, 0.4) is 0 Å². The average molecular weight is 454 g/mol. The van der Waals surface area contributed by atoms with Gasteiger partial charge in [-0.1, -0.05) is 24.1 Å². The number of carbonyl (C=O) groups is 1. The monoisotopic (exact) mass is 453 g/mol. The van der Waals surface area contributed by atoms with E-state index >= 15 is 0 Å². The second-order valence-electron chi connectivity index (χ2n) is 8.07. The Balaban J connectivity index is 1.41. The highest BCUT2D eigenvalue weighted by molar-refractivity contribution is 5.98. The summed E-state index contributed by atoms with van der Waals surface area (Å²) in [6, 6.07) is 13.2. The van der Waals surface area contributed by atoms with Crippen molar-refractivity contribution in [3.63, 3.8) is 0 Å². The van der Waals surface area contributed by atoms with Gasteiger partial charge in [0, 0.05) is 37.5 Å². The Morgan fingerprint density at radius 1 is 1.18 bits per heavy atom. The molecule has 0 spiro atoms. The molecule has 1 unspecified atom stereocenters. The van der Waals surface area contributed by atoms with Crippen LogP contribution < -0.4 is 10.5 Å². The molecule has 1 saturated heterocycles. The first-order valence-electron chi connectivity index (χ1n) is 11.0. The molecule has 0 aliphatic carbocycles. The number of amides is 1. The zero-order chi connectivity index (χ0) is 23.5. The number of pyridine rings is 1. The summed E-state index contributed by atoms with van der Waals surface area (Å²) in [6.07, 6.45) is 4.02. The van der Waals surface area contributed by atoms with Crippen LogP contribution >= 0.6 is 0 Å². The average Bonchev–Trinajstić information content (AvgIpc) is 3.47. The van der Waals surface area contributed by atoms with E-state index in [4.69, 9.17) is 15.6 Å². The third kappa shape index (κ3) is 4.26. The molecule has 1 aromatic carbocycles. The highest BCUT2D eigenvalue weighted by Gasteiger charge is 2.27. The van der Waals surface area contributed by atoms with Crippen LogP contribution in [-0.2, 0) is 11.3 Å². The van der Waals surface area contributed by atoms with Crippen molar-refractivity contribution in [1.29, 1.82) is 0 Å². The SMILES string of the molecule is CC#CC(=O)N1CCC(Cn2nc(-c3ccc(Oc4ccccc4)nc3)c3c(N)ncnc32)C1. The molecule has 3 aromatic heterocycles. The number of benzene rings is 1. The number of aromatic nitrogens is 5. The second kappa shape index (κ2) is 9.19. The van der Waals surface area contributed by atoms with Gasteiger partial charge < -0.3 is 15.4 Å². The Morgan fingerprint density at radius 3 is 2.79 bits per heavy atom. The number of hydrogen-bond acceptors (Lipinski definition) is 7. The minimum atomic E-state index is -0.133. The molecule has 9 nitrogen and oxygen atoms in total. The maximum atomic E-state index is 12.1. The summed E-state index contributed by atoms with van der Waals surface area (Å²) in [5.74, 6) is 6.95. The maximum absolute atomic E-state index is 12.1. The van der Waals surface area contributed by atoms with E-state index in [1.54, 1.807) is 24.1 Å². The van der Waals surface area contributed by atoms with E-state index < -0.39 is 0 Å². The fourth-order valence-corrected chi connectivity index (χ4v) is 4.15. The predicted octanol–water partition coefficient (Wildman–Crippen LogP) is 3.13. The lowest BCUT2D eigenvalue weighted by Crippen LogP contribution is -2.28. The molecule has 0 bridgehead atoms. The van der Waals surface area contributed by atoms with E-state index in [-0.39, 0.29) is 11.8 Å². The van der Waals surface area contributed by atoms with Crippen molar-refractivity contribution in [2.24, 2.45) is 5.92 Å². The summed E-state index contributed by atoms with van der Waals surface area (Å²) >= 11 is 0. The summed E-state index contributed by atoms with van der Waals surface area (Å²) in [4.78, 5) is 26.9. The van der Waals surface area contributed by atoms with Crippen molar-refractivity contribution in [2.45, 2.75) is 19.9 Å². The lowest BCUT2D eigenvalue weighted by Gasteiger charge is -2.13. The number of hydrogen-bond donors (Lipinski definition) is 1. The number of nitrogens with two attached hydrogens (primary N) is 1. The standard InChI is InChI=1S/C25H23N7O2/c1-2-6-21(33)31-12-11-17(14-31)15-32-25-22(24(26)28-16-29-25)23(30-32)18-9-10-20(27-13-18)34-19-7-4-3-5-8-19/h3-5,7-10,13,16-17H,11-12,14-15H2,1H3,(H2,26,28,29). The van der Waals surface area contributed by atoms with E-state index in [0.717, 1.165) is 12.0 Å². The van der Waals surface area contributed by atoms with Crippen LogP contribution in [0.1, 0.15) is 13.3 Å². The van der Waals surface area contributed by atoms with Gasteiger partial charge >= 0.3 is 0 Å². The van der Waals surface area contributed by atoms with Crippen molar-refractivity contribution >= 4 is 22.8 Å². The number of likely N-dealkylation sites (tertiary alicyclic amines) is 1. The fraction of sp³-hybridized carbons (Fsp3) is 0.240. The highest BCUT2D eigenvalue weighted by atomic mass is 16.5. The van der Waals surface area contributed by atoms with Crippen molar-refractivity contribution in [1.82, 2.24) is 29.6 Å². The lowest BCUT2D eigenvalue weighted by atomic mass is 10.1. The summed E-state index contributed by atoms with van der Waals surface area (Å²) in [7, 11) is 0. The Morgan fingerprint density at radius 2 is 2.03 bits per heavy atom. The molecule has 1 aliphatic heterocycles. The molecule has 4 aromatic rings. The number of fused-ring (bicyclic) bond motifs is 1. The fourth-order valence-electron chi connectivity index (χ4n) is 4.15. The number of nitrogen functional groups attached to an aromatic ring is 1. The van der Waals surface area contributed by atoms with Gasteiger partial charge in [0.05, 0.1) is 5.39 Å². The summed E-state index contributed by atoms with van der Waals surface area (Å²) < 4.78 is 7.64. The van der Waals surface area contributed by atoms with Gasteiger partial charge in [0.2, 0.25) is 5.88 Å². The van der Waals surface area contributed by atoms with Crippen LogP contribution in [0.2, 0.25) is 0 Å². The number of nitrogens with zero attached hydrogens (tertiary/aromatic N) is 6. The molecule has 0 radical (unpaired) electrons. The molecular formula is C25H23N7O2. The predicted molar refractivity (Wildman–Crippen MR) is 128 cm³/mol. The van der Waals surface area contributed by atoms with Crippen molar-refractivity contribution in [2.75, 3.05) is 18.8 Å². The maximum Gasteiger partial charge on any atom is 0.298 e. The van der Waals surface area contributed by atoms with Gasteiger partial charge in [-0.3, -0.25) is 4.79 Å². The zero-order valence-electron chi connectivity index (χ0n) is 18.7. The van der Waals surface area contributed by atoms with Gasteiger partial charge in [-0.25, -0.2) is 19.6 Å². The van der Waals surface area contributed by atoms with Crippen molar-refractivity contribution in [3.8, 4) is 34.7 Å². The minimum absolute atomic E-state index is 0.133. The first-order valence-corrected chi connectivity index (χ1v) is 11.0. The first-order chi connectivity index (χ1) is 16.6. The van der Waals surface area contributed by atoms with Crippen LogP contribution in [0.5, 0.6) is 11.6 Å². The zero-order valence-corrected chi connectivity index (χ0v) is 18.7. The summed E-state index contributed by atoms with van der Waals surface area (Å²) in [6.45, 7) is 3.60. The molecule has 4 heterocycles. The molecule has 1 amide bonds. The largest absolute Gasteiger partial charge is 0.439 e. The molecule has 2 N–H and O–H groups in total. The number of para-hydroxylation sites is 1. The van der Waals surface area contributed by atoms with Gasteiger partial charge in [0.25, 0.3) is 5.91 Å². The lowest BCUT2D eigenvalue weighted by molar-refractivity contribution is -0.124. The quantitative estimate of drug-likeness (QED) is 0.462. The molecule has 170 valence electrons. The normalized spacial score (nSPS) is 15.2. The molecule has 1 aliphatic rings. The van der Waals surface area contributed by atoms with Crippen LogP contribution in [-0.4, -0.2) is 48.6 Å². The Labute approximate surface area is 196 Å². The van der Waals surface area contributed by atoms with Gasteiger partial charge in [0.1, 0.15) is 23.6 Å². The van der Waals surface area contributed by atoms with Crippen LogP contribution in [0.25, 0.3) is 22.3 Å². The number of ether oxygens (including phenoxy) is 1. The summed E-state index contributed by atoms with van der Waals surface area (Å²) in [5.41, 5.74) is 8.33. The Bertz CT molecular complexity index is 1390. The minimum Gasteiger partial charge on any atom is -0.439 e. The molecule has 1 atom stereocenters. The van der Waals surface area contributed by atoms with E-state index in [1.807, 2.05) is 41.1 Å². The van der Waals surface area contributed by atoms with Crippen LogP contribution in [0.15, 0.2) is 55.0 Å². The molecule has 9 heteroatoms. The van der Waals surface area contributed by atoms with Crippen LogP contribution in [0.4, 0.5) is 5.82 Å². The van der Waals surface area contributed by atoms with E-state index in [9.17, 15) is 4.79 Å². The summed E-state index contributed by atoms with van der Waals surface area (Å²) in [5, 5.41) is 5.51. The van der Waals surface area contributed by atoms with Gasteiger partial charge in [0.15, 0.2) is 5.65 Å². The van der Waals surface area contributed by atoms with E-state index in [1.165, 1.54) is 6.33 Å². The van der Waals surface area contributed by atoms with Crippen LogP contribution in [0, 0.1) is 17.8 Å². The topological polar surface area (TPSA) is 112 Å². The molecule has 34 heavy (non-hydrogen) atoms. The molecule has 0 saturated carbocycles. The van der Waals surface area contributed by atoms with E-state index in [0.29, 0.717) is 53.8 Å². The van der Waals surface area contributed by atoms with Gasteiger partial charge in [-0.15, -0.1) is 0 Å². The number of carbonyl (C=O) groups excluding carboxylic acids is 1.